The van der Waals surface area contributed by atoms with E-state index in [4.69, 9.17) is 4.74 Å². The first-order valence-corrected chi connectivity index (χ1v) is 8.48. The van der Waals surface area contributed by atoms with E-state index in [2.05, 4.69) is 0 Å². The predicted molar refractivity (Wildman–Crippen MR) is 93.4 cm³/mol. The van der Waals surface area contributed by atoms with Crippen molar-refractivity contribution in [3.63, 3.8) is 0 Å². The number of esters is 1. The van der Waals surface area contributed by atoms with Gasteiger partial charge in [-0.05, 0) is 30.2 Å². The van der Waals surface area contributed by atoms with Crippen LogP contribution in [0.4, 0.5) is 14.5 Å². The summed E-state index contributed by atoms with van der Waals surface area (Å²) in [5.74, 6) is -3.47. The monoisotopic (exact) mass is 373 g/mol. The molecule has 0 atom stereocenters. The molecule has 27 heavy (non-hydrogen) atoms. The fraction of sp³-hybridized carbons (Fsp3) is 0.250. The molecule has 2 aromatic rings. The lowest BCUT2D eigenvalue weighted by Gasteiger charge is -2.17. The molecule has 2 aromatic carbocycles. The standard InChI is InChI=1S/C20H17F2NO4/c21-14-5-6-15(16(22)11-14)18(24)7-8-20(26)27-12-19(25)23-10-9-13-3-1-2-4-17(13)23/h1-6,11H,7-10,12H2. The van der Waals surface area contributed by atoms with Crippen LogP contribution in [0.2, 0.25) is 0 Å². The minimum Gasteiger partial charge on any atom is -0.456 e. The summed E-state index contributed by atoms with van der Waals surface area (Å²) in [6.45, 7) is 0.102. The second kappa shape index (κ2) is 8.07. The van der Waals surface area contributed by atoms with E-state index < -0.39 is 30.0 Å². The average molecular weight is 373 g/mol. The third-order valence-electron chi connectivity index (χ3n) is 4.33. The van der Waals surface area contributed by atoms with Crippen LogP contribution in [0.15, 0.2) is 42.5 Å². The van der Waals surface area contributed by atoms with Crippen LogP contribution in [0.1, 0.15) is 28.8 Å². The molecule has 0 aromatic heterocycles. The second-order valence-corrected chi connectivity index (χ2v) is 6.13. The van der Waals surface area contributed by atoms with Gasteiger partial charge in [-0.2, -0.15) is 0 Å². The first-order valence-electron chi connectivity index (χ1n) is 8.48. The summed E-state index contributed by atoms with van der Waals surface area (Å²) in [4.78, 5) is 37.5. The van der Waals surface area contributed by atoms with Gasteiger partial charge in [0.25, 0.3) is 5.91 Å². The average Bonchev–Trinajstić information content (AvgIpc) is 3.08. The molecule has 0 fully saturated rings. The lowest BCUT2D eigenvalue weighted by Crippen LogP contribution is -2.33. The van der Waals surface area contributed by atoms with Crippen molar-refractivity contribution >= 4 is 23.3 Å². The van der Waals surface area contributed by atoms with Crippen LogP contribution in [0.5, 0.6) is 0 Å². The van der Waals surface area contributed by atoms with E-state index in [-0.39, 0.29) is 24.3 Å². The molecule has 0 radical (unpaired) electrons. The first-order chi connectivity index (χ1) is 13.0. The molecule has 0 N–H and O–H groups in total. The van der Waals surface area contributed by atoms with Crippen molar-refractivity contribution in [2.75, 3.05) is 18.1 Å². The fourth-order valence-corrected chi connectivity index (χ4v) is 2.96. The zero-order valence-electron chi connectivity index (χ0n) is 14.4. The largest absolute Gasteiger partial charge is 0.456 e. The number of benzene rings is 2. The highest BCUT2D eigenvalue weighted by Crippen LogP contribution is 2.27. The Labute approximate surface area is 154 Å². The zero-order chi connectivity index (χ0) is 19.4. The number of carbonyl (C=O) groups excluding carboxylic acids is 3. The molecule has 1 aliphatic rings. The summed E-state index contributed by atoms with van der Waals surface area (Å²) in [5.41, 5.74) is 1.58. The van der Waals surface area contributed by atoms with Crippen molar-refractivity contribution in [1.29, 1.82) is 0 Å². The third-order valence-corrected chi connectivity index (χ3v) is 4.33. The van der Waals surface area contributed by atoms with Crippen molar-refractivity contribution in [2.45, 2.75) is 19.3 Å². The van der Waals surface area contributed by atoms with Crippen LogP contribution in [-0.4, -0.2) is 30.8 Å². The molecule has 0 unspecified atom stereocenters. The highest BCUT2D eigenvalue weighted by Gasteiger charge is 2.25. The molecule has 0 aliphatic carbocycles. The van der Waals surface area contributed by atoms with Gasteiger partial charge in [0.1, 0.15) is 11.6 Å². The van der Waals surface area contributed by atoms with E-state index in [1.807, 2.05) is 24.3 Å². The number of halogens is 2. The number of nitrogens with zero attached hydrogens (tertiary/aromatic N) is 1. The Kier molecular flexibility index (Phi) is 5.59. The molecule has 7 heteroatoms. The number of hydrogen-bond donors (Lipinski definition) is 0. The number of ketones is 1. The number of anilines is 1. The molecule has 0 bridgehead atoms. The summed E-state index contributed by atoms with van der Waals surface area (Å²) in [6, 6.07) is 10.1. The van der Waals surface area contributed by atoms with Crippen molar-refractivity contribution < 1.29 is 27.9 Å². The molecule has 0 saturated carbocycles. The normalized spacial score (nSPS) is 12.6. The summed E-state index contributed by atoms with van der Waals surface area (Å²) in [5, 5.41) is 0. The Bertz CT molecular complexity index is 897. The van der Waals surface area contributed by atoms with Crippen LogP contribution in [0, 0.1) is 11.6 Å². The Morgan fingerprint density at radius 1 is 1.04 bits per heavy atom. The van der Waals surface area contributed by atoms with Crippen LogP contribution in [0.3, 0.4) is 0 Å². The molecule has 0 saturated heterocycles. The zero-order valence-corrected chi connectivity index (χ0v) is 14.4. The maximum Gasteiger partial charge on any atom is 0.306 e. The Hall–Kier alpha value is -3.09. The topological polar surface area (TPSA) is 63.7 Å². The summed E-state index contributed by atoms with van der Waals surface area (Å²) in [6.07, 6.45) is 0.162. The number of ether oxygens (including phenoxy) is 1. The van der Waals surface area contributed by atoms with Gasteiger partial charge in [-0.3, -0.25) is 14.4 Å². The molecule has 1 amide bonds. The van der Waals surface area contributed by atoms with Crippen molar-refractivity contribution in [3.8, 4) is 0 Å². The second-order valence-electron chi connectivity index (χ2n) is 6.13. The van der Waals surface area contributed by atoms with Crippen molar-refractivity contribution in [3.05, 3.63) is 65.2 Å². The molecule has 1 aliphatic heterocycles. The van der Waals surface area contributed by atoms with Crippen molar-refractivity contribution in [1.82, 2.24) is 0 Å². The number of rotatable bonds is 6. The fourth-order valence-electron chi connectivity index (χ4n) is 2.96. The minimum atomic E-state index is -0.976. The lowest BCUT2D eigenvalue weighted by molar-refractivity contribution is -0.147. The molecule has 0 spiro atoms. The molecule has 5 nitrogen and oxygen atoms in total. The minimum absolute atomic E-state index is 0.283. The van der Waals surface area contributed by atoms with Gasteiger partial charge in [-0.1, -0.05) is 18.2 Å². The van der Waals surface area contributed by atoms with Gasteiger partial charge in [0.2, 0.25) is 0 Å². The summed E-state index contributed by atoms with van der Waals surface area (Å²) in [7, 11) is 0. The van der Waals surface area contributed by atoms with Crippen LogP contribution >= 0.6 is 0 Å². The van der Waals surface area contributed by atoms with Crippen LogP contribution in [0.25, 0.3) is 0 Å². The van der Waals surface area contributed by atoms with Crippen LogP contribution in [-0.2, 0) is 20.7 Å². The van der Waals surface area contributed by atoms with Gasteiger partial charge in [0.05, 0.1) is 12.0 Å². The highest BCUT2D eigenvalue weighted by molar-refractivity contribution is 5.99. The molecular formula is C20H17F2NO4. The maximum absolute atomic E-state index is 13.5. The number of amides is 1. The van der Waals surface area contributed by atoms with Gasteiger partial charge < -0.3 is 9.64 Å². The van der Waals surface area contributed by atoms with Crippen LogP contribution < -0.4 is 4.90 Å². The number of para-hydroxylation sites is 1. The van der Waals surface area contributed by atoms with E-state index in [0.29, 0.717) is 12.6 Å². The number of fused-ring (bicyclic) bond motifs is 1. The van der Waals surface area contributed by atoms with E-state index in [9.17, 15) is 23.2 Å². The van der Waals surface area contributed by atoms with E-state index in [0.717, 1.165) is 29.8 Å². The van der Waals surface area contributed by atoms with E-state index in [1.54, 1.807) is 4.90 Å². The van der Waals surface area contributed by atoms with E-state index in [1.165, 1.54) is 0 Å². The molecule has 1 heterocycles. The molecule has 140 valence electrons. The lowest BCUT2D eigenvalue weighted by atomic mass is 10.1. The highest BCUT2D eigenvalue weighted by atomic mass is 19.1. The smallest absolute Gasteiger partial charge is 0.306 e. The van der Waals surface area contributed by atoms with Gasteiger partial charge in [-0.15, -0.1) is 0 Å². The number of hydrogen-bond acceptors (Lipinski definition) is 4. The first kappa shape index (κ1) is 18.7. The number of carbonyl (C=O) groups is 3. The third kappa shape index (κ3) is 4.36. The summed E-state index contributed by atoms with van der Waals surface area (Å²) >= 11 is 0. The van der Waals surface area contributed by atoms with Crippen molar-refractivity contribution in [2.24, 2.45) is 0 Å². The molecular weight excluding hydrogens is 356 g/mol. The van der Waals surface area contributed by atoms with Gasteiger partial charge in [0, 0.05) is 24.7 Å². The molecule has 3 rings (SSSR count). The van der Waals surface area contributed by atoms with Gasteiger partial charge in [0.15, 0.2) is 12.4 Å². The predicted octanol–water partition coefficient (Wildman–Crippen LogP) is 3.06. The maximum atomic E-state index is 13.5. The summed E-state index contributed by atoms with van der Waals surface area (Å²) < 4.78 is 31.3. The number of Topliss-reactive ketones (excluding diaryl/α,β-unsaturated/α-hetero) is 1. The SMILES string of the molecule is O=C(CCC(=O)c1ccc(F)cc1F)OCC(=O)N1CCc2ccccc21. The van der Waals surface area contributed by atoms with Gasteiger partial charge in [-0.25, -0.2) is 8.78 Å². The Morgan fingerprint density at radius 2 is 1.81 bits per heavy atom. The van der Waals surface area contributed by atoms with Gasteiger partial charge >= 0.3 is 5.97 Å². The Morgan fingerprint density at radius 3 is 2.59 bits per heavy atom. The van der Waals surface area contributed by atoms with E-state index >= 15 is 0 Å². The quantitative estimate of drug-likeness (QED) is 0.577. The Balaban J connectivity index is 1.47.